The van der Waals surface area contributed by atoms with Gasteiger partial charge in [0.15, 0.2) is 0 Å². The quantitative estimate of drug-likeness (QED) is 0.365. The molecule has 1 aliphatic rings. The summed E-state index contributed by atoms with van der Waals surface area (Å²) in [7, 11) is 0. The zero-order chi connectivity index (χ0) is 20.6. The number of aryl methyl sites for hydroxylation is 2. The maximum atomic E-state index is 11.8. The minimum absolute atomic E-state index is 0.179. The standard InChI is InChI=1S/C22H23NO4S2/c1-15-7-8-18(13-16(15)2)26-11-9-25-10-12-27-19-6-4-3-5-17(19)14-20-21(24)23-22(28)29-20/h3-8,13-14H,9-12H2,1-2H3,(H,23,24,28)/b20-14-. The molecule has 0 atom stereocenters. The maximum absolute atomic E-state index is 11.8. The van der Waals surface area contributed by atoms with E-state index >= 15 is 0 Å². The van der Waals surface area contributed by atoms with E-state index in [9.17, 15) is 4.79 Å². The van der Waals surface area contributed by atoms with Crippen LogP contribution in [0.3, 0.4) is 0 Å². The molecule has 0 aliphatic carbocycles. The third-order valence-corrected chi connectivity index (χ3v) is 5.47. The van der Waals surface area contributed by atoms with Gasteiger partial charge in [-0.05, 0) is 49.2 Å². The summed E-state index contributed by atoms with van der Waals surface area (Å²) in [5, 5.41) is 2.61. The topological polar surface area (TPSA) is 56.8 Å². The van der Waals surface area contributed by atoms with Crippen LogP contribution in [0.2, 0.25) is 0 Å². The fourth-order valence-electron chi connectivity index (χ4n) is 2.63. The Morgan fingerprint density at radius 1 is 1.00 bits per heavy atom. The number of rotatable bonds is 9. The highest BCUT2D eigenvalue weighted by Crippen LogP contribution is 2.29. The molecule has 1 aliphatic heterocycles. The first-order chi connectivity index (χ1) is 14.0. The summed E-state index contributed by atoms with van der Waals surface area (Å²) in [6.45, 7) is 5.96. The van der Waals surface area contributed by atoms with Crippen molar-refractivity contribution in [3.8, 4) is 11.5 Å². The van der Waals surface area contributed by atoms with Crippen LogP contribution in [0, 0.1) is 13.8 Å². The second-order valence-electron chi connectivity index (χ2n) is 6.45. The van der Waals surface area contributed by atoms with E-state index in [1.54, 1.807) is 6.08 Å². The van der Waals surface area contributed by atoms with Crippen molar-refractivity contribution in [1.29, 1.82) is 0 Å². The molecular weight excluding hydrogens is 406 g/mol. The molecule has 1 saturated heterocycles. The summed E-state index contributed by atoms with van der Waals surface area (Å²) in [4.78, 5) is 12.4. The Labute approximate surface area is 180 Å². The summed E-state index contributed by atoms with van der Waals surface area (Å²) in [5.41, 5.74) is 3.28. The minimum atomic E-state index is -0.179. The fourth-order valence-corrected chi connectivity index (χ4v) is 3.66. The fraction of sp³-hybridized carbons (Fsp3) is 0.273. The lowest BCUT2D eigenvalue weighted by Crippen LogP contribution is -2.17. The molecule has 0 unspecified atom stereocenters. The number of benzene rings is 2. The van der Waals surface area contributed by atoms with Gasteiger partial charge < -0.3 is 19.5 Å². The van der Waals surface area contributed by atoms with Crippen LogP contribution in [-0.4, -0.2) is 36.7 Å². The zero-order valence-corrected chi connectivity index (χ0v) is 18.0. The van der Waals surface area contributed by atoms with Crippen LogP contribution in [0.4, 0.5) is 0 Å². The normalized spacial score (nSPS) is 14.9. The number of thioether (sulfide) groups is 1. The van der Waals surface area contributed by atoms with Crippen molar-refractivity contribution in [2.75, 3.05) is 26.4 Å². The molecule has 2 aromatic carbocycles. The molecule has 0 aromatic heterocycles. The Balaban J connectivity index is 1.41. The zero-order valence-electron chi connectivity index (χ0n) is 16.4. The summed E-state index contributed by atoms with van der Waals surface area (Å²) in [5.74, 6) is 1.37. The molecule has 0 saturated carbocycles. The smallest absolute Gasteiger partial charge is 0.263 e. The van der Waals surface area contributed by atoms with E-state index in [0.29, 0.717) is 41.4 Å². The number of hydrogen-bond acceptors (Lipinski definition) is 6. The predicted molar refractivity (Wildman–Crippen MR) is 120 cm³/mol. The average Bonchev–Trinajstić information content (AvgIpc) is 3.02. The number of carbonyl (C=O) groups excluding carboxylic acids is 1. The molecule has 3 rings (SSSR count). The second kappa shape index (κ2) is 10.4. The molecule has 2 aromatic rings. The summed E-state index contributed by atoms with van der Waals surface area (Å²) >= 11 is 6.27. The van der Waals surface area contributed by atoms with Crippen LogP contribution < -0.4 is 14.8 Å². The van der Waals surface area contributed by atoms with Gasteiger partial charge in [-0.25, -0.2) is 0 Å². The third-order valence-electron chi connectivity index (χ3n) is 4.31. The molecule has 0 spiro atoms. The number of nitrogens with one attached hydrogen (secondary N) is 1. The first-order valence-corrected chi connectivity index (χ1v) is 10.5. The Hall–Kier alpha value is -2.35. The van der Waals surface area contributed by atoms with E-state index in [1.807, 2.05) is 42.5 Å². The van der Waals surface area contributed by atoms with Gasteiger partial charge in [0, 0.05) is 5.56 Å². The van der Waals surface area contributed by atoms with Gasteiger partial charge in [-0.1, -0.05) is 48.2 Å². The molecule has 1 amide bonds. The van der Waals surface area contributed by atoms with Gasteiger partial charge in [0.05, 0.1) is 18.1 Å². The molecule has 0 bridgehead atoms. The van der Waals surface area contributed by atoms with Crippen LogP contribution >= 0.6 is 24.0 Å². The molecule has 152 valence electrons. The minimum Gasteiger partial charge on any atom is -0.491 e. The molecule has 1 N–H and O–H groups in total. The van der Waals surface area contributed by atoms with Crippen molar-refractivity contribution in [3.05, 3.63) is 64.1 Å². The molecular formula is C22H23NO4S2. The first-order valence-electron chi connectivity index (χ1n) is 9.27. The molecule has 1 heterocycles. The Morgan fingerprint density at radius 3 is 2.48 bits per heavy atom. The number of carbonyl (C=O) groups is 1. The van der Waals surface area contributed by atoms with Crippen molar-refractivity contribution < 1.29 is 19.0 Å². The molecule has 29 heavy (non-hydrogen) atoms. The second-order valence-corrected chi connectivity index (χ2v) is 8.16. The van der Waals surface area contributed by atoms with Crippen molar-refractivity contribution in [2.24, 2.45) is 0 Å². The van der Waals surface area contributed by atoms with Gasteiger partial charge in [-0.15, -0.1) is 0 Å². The lowest BCUT2D eigenvalue weighted by Gasteiger charge is -2.11. The Morgan fingerprint density at radius 2 is 1.76 bits per heavy atom. The van der Waals surface area contributed by atoms with Crippen LogP contribution in [-0.2, 0) is 9.53 Å². The summed E-state index contributed by atoms with van der Waals surface area (Å²) in [6.07, 6.45) is 1.78. The van der Waals surface area contributed by atoms with E-state index < -0.39 is 0 Å². The predicted octanol–water partition coefficient (Wildman–Crippen LogP) is 4.27. The van der Waals surface area contributed by atoms with E-state index in [1.165, 1.54) is 22.9 Å². The van der Waals surface area contributed by atoms with E-state index in [4.69, 9.17) is 26.4 Å². The maximum Gasteiger partial charge on any atom is 0.263 e. The average molecular weight is 430 g/mol. The highest BCUT2D eigenvalue weighted by molar-refractivity contribution is 8.26. The largest absolute Gasteiger partial charge is 0.491 e. The van der Waals surface area contributed by atoms with Gasteiger partial charge in [0.1, 0.15) is 29.0 Å². The van der Waals surface area contributed by atoms with Crippen molar-refractivity contribution in [1.82, 2.24) is 5.32 Å². The van der Waals surface area contributed by atoms with Gasteiger partial charge in [0.25, 0.3) is 5.91 Å². The Bertz CT molecular complexity index is 927. The molecule has 7 heteroatoms. The molecule has 0 radical (unpaired) electrons. The van der Waals surface area contributed by atoms with Gasteiger partial charge in [0.2, 0.25) is 0 Å². The van der Waals surface area contributed by atoms with Gasteiger partial charge >= 0.3 is 0 Å². The number of thiocarbonyl (C=S) groups is 1. The number of amides is 1. The van der Waals surface area contributed by atoms with Gasteiger partial charge in [-0.3, -0.25) is 4.79 Å². The highest BCUT2D eigenvalue weighted by atomic mass is 32.2. The number of para-hydroxylation sites is 1. The van der Waals surface area contributed by atoms with Crippen molar-refractivity contribution in [3.63, 3.8) is 0 Å². The highest BCUT2D eigenvalue weighted by Gasteiger charge is 2.22. The molecule has 5 nitrogen and oxygen atoms in total. The van der Waals surface area contributed by atoms with Crippen molar-refractivity contribution >= 4 is 40.3 Å². The first kappa shape index (κ1) is 21.4. The summed E-state index contributed by atoms with van der Waals surface area (Å²) < 4.78 is 17.6. The van der Waals surface area contributed by atoms with Crippen LogP contribution in [0.1, 0.15) is 16.7 Å². The number of ether oxygens (including phenoxy) is 3. The van der Waals surface area contributed by atoms with Gasteiger partial charge in [-0.2, -0.15) is 0 Å². The van der Waals surface area contributed by atoms with E-state index in [2.05, 4.69) is 19.2 Å². The van der Waals surface area contributed by atoms with Crippen LogP contribution in [0.25, 0.3) is 6.08 Å². The number of hydrogen-bond donors (Lipinski definition) is 1. The van der Waals surface area contributed by atoms with E-state index in [-0.39, 0.29) is 5.91 Å². The monoisotopic (exact) mass is 429 g/mol. The van der Waals surface area contributed by atoms with Crippen molar-refractivity contribution in [2.45, 2.75) is 13.8 Å². The molecule has 1 fully saturated rings. The summed E-state index contributed by atoms with van der Waals surface area (Å²) in [6, 6.07) is 13.6. The lowest BCUT2D eigenvalue weighted by atomic mass is 10.1. The third kappa shape index (κ3) is 6.32. The lowest BCUT2D eigenvalue weighted by molar-refractivity contribution is -0.115. The van der Waals surface area contributed by atoms with Crippen LogP contribution in [0.15, 0.2) is 47.4 Å². The SMILES string of the molecule is Cc1ccc(OCCOCCOc2ccccc2/C=C2\SC(=S)NC2=O)cc1C. The Kier molecular flexibility index (Phi) is 7.69. The van der Waals surface area contributed by atoms with Crippen LogP contribution in [0.5, 0.6) is 11.5 Å². The van der Waals surface area contributed by atoms with E-state index in [0.717, 1.165) is 11.3 Å².